The van der Waals surface area contributed by atoms with E-state index < -0.39 is 6.29 Å². The Morgan fingerprint density at radius 1 is 0.778 bits per heavy atom. The van der Waals surface area contributed by atoms with E-state index in [4.69, 9.17) is 9.47 Å². The van der Waals surface area contributed by atoms with Crippen molar-refractivity contribution in [2.75, 3.05) is 19.6 Å². The molecule has 4 aromatic rings. The smallest absolute Gasteiger partial charge is 0.315 e. The lowest BCUT2D eigenvalue weighted by atomic mass is 9.99. The van der Waals surface area contributed by atoms with E-state index in [2.05, 4.69) is 51.9 Å². The van der Waals surface area contributed by atoms with Gasteiger partial charge in [0, 0.05) is 44.7 Å². The predicted octanol–water partition coefficient (Wildman–Crippen LogP) is 5.46. The number of rotatable bonds is 10. The maximum absolute atomic E-state index is 12.3. The first-order chi connectivity index (χ1) is 22.0. The van der Waals surface area contributed by atoms with Crippen LogP contribution in [0.4, 0.5) is 4.79 Å². The van der Waals surface area contributed by atoms with Crippen LogP contribution in [0, 0.1) is 0 Å². The number of hydrogen-bond donors (Lipinski definition) is 4. The second kappa shape index (κ2) is 14.8. The molecule has 2 heterocycles. The number of benzene rings is 4. The Balaban J connectivity index is 1.10. The first kappa shape index (κ1) is 31.0. The highest BCUT2D eigenvalue weighted by Gasteiger charge is 2.34. The molecule has 2 amide bonds. The van der Waals surface area contributed by atoms with Crippen LogP contribution in [0.15, 0.2) is 103 Å². The monoisotopic (exact) mass is 607 g/mol. The number of β-amino-alcohol motifs (C(OH)–C–C–N with tert-alkyl or cyclic N) is 1. The summed E-state index contributed by atoms with van der Waals surface area (Å²) < 4.78 is 13.0. The zero-order valence-corrected chi connectivity index (χ0v) is 25.3. The Bertz CT molecular complexity index is 1530. The summed E-state index contributed by atoms with van der Waals surface area (Å²) in [5, 5.41) is 25.4. The van der Waals surface area contributed by atoms with Crippen molar-refractivity contribution < 1.29 is 24.5 Å². The van der Waals surface area contributed by atoms with Gasteiger partial charge >= 0.3 is 6.03 Å². The van der Waals surface area contributed by atoms with E-state index in [1.54, 1.807) is 0 Å². The first-order valence-electron chi connectivity index (χ1n) is 15.7. The van der Waals surface area contributed by atoms with Gasteiger partial charge in [0.1, 0.15) is 0 Å². The standard InChI is InChI=1S/C37H41N3O5/c41-25-27-9-11-30(12-10-27)35-20-34(24-40-18-17-33(42)23-40)44-36(45-35)31-15-13-29(14-16-31)32-8-4-7-28(19-32)22-39-37(43)38-21-26-5-2-1-3-6-26/h1-16,19,33-36,41-42H,17-18,20-25H2,(H2,38,39,43). The zero-order valence-electron chi connectivity index (χ0n) is 25.3. The quantitative estimate of drug-likeness (QED) is 0.191. The molecular formula is C37H41N3O5. The maximum atomic E-state index is 12.3. The van der Waals surface area contributed by atoms with Gasteiger partial charge in [-0.15, -0.1) is 0 Å². The minimum absolute atomic E-state index is 0.00725. The summed E-state index contributed by atoms with van der Waals surface area (Å²) in [6.45, 7) is 3.18. The molecule has 0 bridgehead atoms. The van der Waals surface area contributed by atoms with E-state index in [1.807, 2.05) is 66.7 Å². The molecule has 6 rings (SSSR count). The molecule has 4 atom stereocenters. The van der Waals surface area contributed by atoms with Crippen molar-refractivity contribution in [1.29, 1.82) is 0 Å². The van der Waals surface area contributed by atoms with Crippen LogP contribution in [0.5, 0.6) is 0 Å². The highest BCUT2D eigenvalue weighted by Crippen LogP contribution is 2.39. The third-order valence-electron chi connectivity index (χ3n) is 8.52. The number of nitrogens with one attached hydrogen (secondary N) is 2. The second-order valence-corrected chi connectivity index (χ2v) is 11.9. The maximum Gasteiger partial charge on any atom is 0.315 e. The van der Waals surface area contributed by atoms with Crippen molar-refractivity contribution in [3.63, 3.8) is 0 Å². The van der Waals surface area contributed by atoms with Crippen LogP contribution < -0.4 is 10.6 Å². The fourth-order valence-electron chi connectivity index (χ4n) is 6.02. The number of urea groups is 1. The van der Waals surface area contributed by atoms with Gasteiger partial charge in [-0.25, -0.2) is 4.79 Å². The minimum Gasteiger partial charge on any atom is -0.392 e. The number of aliphatic hydroxyl groups excluding tert-OH is 2. The Morgan fingerprint density at radius 2 is 1.49 bits per heavy atom. The van der Waals surface area contributed by atoms with Crippen molar-refractivity contribution in [2.45, 2.75) is 57.1 Å². The lowest BCUT2D eigenvalue weighted by molar-refractivity contribution is -0.252. The molecule has 2 fully saturated rings. The van der Waals surface area contributed by atoms with Crippen LogP contribution in [-0.2, 0) is 29.2 Å². The number of ether oxygens (including phenoxy) is 2. The van der Waals surface area contributed by atoms with E-state index in [0.29, 0.717) is 26.1 Å². The molecule has 8 heteroatoms. The lowest BCUT2D eigenvalue weighted by Crippen LogP contribution is -2.38. The summed E-state index contributed by atoms with van der Waals surface area (Å²) in [4.78, 5) is 14.6. The summed E-state index contributed by atoms with van der Waals surface area (Å²) in [5.41, 5.74) is 7.04. The largest absolute Gasteiger partial charge is 0.392 e. The van der Waals surface area contributed by atoms with E-state index >= 15 is 0 Å². The Hall–Kier alpha value is -4.05. The van der Waals surface area contributed by atoms with Gasteiger partial charge in [0.15, 0.2) is 6.29 Å². The molecule has 8 nitrogen and oxygen atoms in total. The number of likely N-dealkylation sites (tertiary alicyclic amines) is 1. The third-order valence-corrected chi connectivity index (χ3v) is 8.52. The molecular weight excluding hydrogens is 566 g/mol. The van der Waals surface area contributed by atoms with Gasteiger partial charge in [-0.3, -0.25) is 4.90 Å². The van der Waals surface area contributed by atoms with Gasteiger partial charge in [0.05, 0.1) is 24.9 Å². The van der Waals surface area contributed by atoms with Crippen LogP contribution in [-0.4, -0.2) is 53.0 Å². The van der Waals surface area contributed by atoms with Crippen LogP contribution in [0.1, 0.15) is 53.1 Å². The van der Waals surface area contributed by atoms with E-state index in [9.17, 15) is 15.0 Å². The summed E-state index contributed by atoms with van der Waals surface area (Å²) in [6.07, 6.45) is 0.496. The molecule has 4 unspecified atom stereocenters. The highest BCUT2D eigenvalue weighted by molar-refractivity contribution is 5.74. The molecule has 0 saturated carbocycles. The van der Waals surface area contributed by atoms with E-state index in [0.717, 1.165) is 58.5 Å². The molecule has 0 aliphatic carbocycles. The molecule has 4 aromatic carbocycles. The molecule has 45 heavy (non-hydrogen) atoms. The first-order valence-corrected chi connectivity index (χ1v) is 15.7. The SMILES string of the molecule is O=C(NCc1ccccc1)NCc1cccc(-c2ccc(C3OC(CN4CCC(O)C4)CC(c4ccc(CO)cc4)O3)cc2)c1. The predicted molar refractivity (Wildman–Crippen MR) is 173 cm³/mol. The number of amides is 2. The minimum atomic E-state index is -0.530. The summed E-state index contributed by atoms with van der Waals surface area (Å²) in [5.74, 6) is 0. The topological polar surface area (TPSA) is 103 Å². The summed E-state index contributed by atoms with van der Waals surface area (Å²) >= 11 is 0. The highest BCUT2D eigenvalue weighted by atomic mass is 16.7. The number of aliphatic hydroxyl groups is 2. The van der Waals surface area contributed by atoms with Gasteiger partial charge < -0.3 is 30.3 Å². The normalized spacial score (nSPS) is 21.8. The van der Waals surface area contributed by atoms with Crippen molar-refractivity contribution >= 4 is 6.03 Å². The molecule has 2 aliphatic rings. The number of hydrogen-bond acceptors (Lipinski definition) is 6. The fraction of sp³-hybridized carbons (Fsp3) is 0.324. The Morgan fingerprint density at radius 3 is 2.20 bits per heavy atom. The van der Waals surface area contributed by atoms with Crippen LogP contribution in [0.3, 0.4) is 0 Å². The molecule has 0 radical (unpaired) electrons. The Labute approximate surface area is 264 Å². The van der Waals surface area contributed by atoms with E-state index in [-0.39, 0.29) is 30.9 Å². The molecule has 4 N–H and O–H groups in total. The molecule has 0 aromatic heterocycles. The van der Waals surface area contributed by atoms with Crippen molar-refractivity contribution in [2.24, 2.45) is 0 Å². The number of carbonyl (C=O) groups is 1. The lowest BCUT2D eigenvalue weighted by Gasteiger charge is -2.37. The molecule has 0 spiro atoms. The average molecular weight is 608 g/mol. The molecule has 234 valence electrons. The van der Waals surface area contributed by atoms with Gasteiger partial charge in [-0.2, -0.15) is 0 Å². The van der Waals surface area contributed by atoms with Crippen molar-refractivity contribution in [3.8, 4) is 11.1 Å². The van der Waals surface area contributed by atoms with Crippen molar-refractivity contribution in [1.82, 2.24) is 15.5 Å². The van der Waals surface area contributed by atoms with E-state index in [1.165, 1.54) is 0 Å². The van der Waals surface area contributed by atoms with Crippen molar-refractivity contribution in [3.05, 3.63) is 131 Å². The Kier molecular flexibility index (Phi) is 10.2. The molecule has 2 saturated heterocycles. The average Bonchev–Trinajstić information content (AvgIpc) is 3.50. The van der Waals surface area contributed by atoms with Gasteiger partial charge in [0.25, 0.3) is 0 Å². The zero-order chi connectivity index (χ0) is 31.0. The van der Waals surface area contributed by atoms with Gasteiger partial charge in [-0.05, 0) is 45.9 Å². The van der Waals surface area contributed by atoms with Gasteiger partial charge in [0.2, 0.25) is 0 Å². The van der Waals surface area contributed by atoms with Crippen LogP contribution in [0.2, 0.25) is 0 Å². The van der Waals surface area contributed by atoms with Crippen LogP contribution in [0.25, 0.3) is 11.1 Å². The number of nitrogens with zero attached hydrogens (tertiary/aromatic N) is 1. The summed E-state index contributed by atoms with van der Waals surface area (Å²) in [7, 11) is 0. The molecule has 2 aliphatic heterocycles. The van der Waals surface area contributed by atoms with Crippen LogP contribution >= 0.6 is 0 Å². The fourth-order valence-corrected chi connectivity index (χ4v) is 6.02. The second-order valence-electron chi connectivity index (χ2n) is 11.9. The summed E-state index contributed by atoms with van der Waals surface area (Å²) in [6, 6.07) is 34.0. The third kappa shape index (κ3) is 8.36. The number of carbonyl (C=O) groups excluding carboxylic acids is 1. The van der Waals surface area contributed by atoms with Gasteiger partial charge in [-0.1, -0.05) is 97.1 Å².